The highest BCUT2D eigenvalue weighted by atomic mass is 35.5. The van der Waals surface area contributed by atoms with E-state index in [0.717, 1.165) is 11.3 Å². The lowest BCUT2D eigenvalue weighted by Gasteiger charge is -2.11. The number of hydrogen-bond acceptors (Lipinski definition) is 6. The average molecular weight is 512 g/mol. The van der Waals surface area contributed by atoms with Crippen LogP contribution in [0, 0.1) is 0 Å². The van der Waals surface area contributed by atoms with Crippen LogP contribution in [0.1, 0.15) is 5.56 Å². The highest BCUT2D eigenvalue weighted by Gasteiger charge is 2.31. The highest BCUT2D eigenvalue weighted by Crippen LogP contribution is 2.32. The molecule has 0 atom stereocenters. The molecular weight excluding hydrogens is 498 g/mol. The lowest BCUT2D eigenvalue weighted by molar-refractivity contribution is -0.274. The Balaban J connectivity index is 1.42. The Morgan fingerprint density at radius 3 is 2.45 bits per heavy atom. The third-order valence-electron chi connectivity index (χ3n) is 4.21. The molecule has 0 spiro atoms. The maximum atomic E-state index is 12.4. The second-order valence-corrected chi connectivity index (χ2v) is 8.47. The molecule has 0 fully saturated rings. The van der Waals surface area contributed by atoms with Crippen molar-refractivity contribution in [2.45, 2.75) is 13.0 Å². The van der Waals surface area contributed by atoms with Crippen molar-refractivity contribution < 1.29 is 22.6 Å². The largest absolute Gasteiger partial charge is 0.573 e. The van der Waals surface area contributed by atoms with Crippen LogP contribution in [-0.2, 0) is 6.61 Å². The molecule has 11 heteroatoms. The fraction of sp³-hybridized carbons (Fsp3) is 0.0909. The summed E-state index contributed by atoms with van der Waals surface area (Å²) in [6.07, 6.45) is -4.75. The molecule has 4 aromatic rings. The molecule has 5 nitrogen and oxygen atoms in total. The molecule has 0 saturated heterocycles. The summed E-state index contributed by atoms with van der Waals surface area (Å²) in [5.41, 5.74) is 2.04. The van der Waals surface area contributed by atoms with Gasteiger partial charge in [0, 0.05) is 11.3 Å². The van der Waals surface area contributed by atoms with Crippen LogP contribution in [0.25, 0.3) is 10.6 Å². The fourth-order valence-electron chi connectivity index (χ4n) is 2.81. The number of benzene rings is 3. The van der Waals surface area contributed by atoms with Gasteiger partial charge in [0.2, 0.25) is 5.13 Å². The van der Waals surface area contributed by atoms with Gasteiger partial charge in [0.1, 0.15) is 23.1 Å². The van der Waals surface area contributed by atoms with E-state index in [1.807, 2.05) is 6.07 Å². The molecule has 0 saturated carbocycles. The molecule has 0 aliphatic heterocycles. The van der Waals surface area contributed by atoms with Crippen LogP contribution >= 0.6 is 34.5 Å². The van der Waals surface area contributed by atoms with Crippen LogP contribution in [0.3, 0.4) is 0 Å². The minimum absolute atomic E-state index is 0.0682. The molecule has 170 valence electrons. The first-order valence-electron chi connectivity index (χ1n) is 9.39. The molecule has 0 amide bonds. The van der Waals surface area contributed by atoms with E-state index < -0.39 is 6.36 Å². The maximum Gasteiger partial charge on any atom is 0.573 e. The Morgan fingerprint density at radius 2 is 1.67 bits per heavy atom. The van der Waals surface area contributed by atoms with Gasteiger partial charge in [-0.2, -0.15) is 0 Å². The molecule has 4 rings (SSSR count). The lowest BCUT2D eigenvalue weighted by atomic mass is 10.2. The van der Waals surface area contributed by atoms with Crippen molar-refractivity contribution in [1.82, 2.24) is 10.2 Å². The van der Waals surface area contributed by atoms with Crippen molar-refractivity contribution in [3.05, 3.63) is 82.3 Å². The van der Waals surface area contributed by atoms with Gasteiger partial charge in [-0.1, -0.05) is 58.8 Å². The van der Waals surface area contributed by atoms with Crippen molar-refractivity contribution in [2.75, 3.05) is 5.32 Å². The fourth-order valence-corrected chi connectivity index (χ4v) is 3.86. The number of alkyl halides is 3. The molecule has 0 aliphatic carbocycles. The molecule has 0 radical (unpaired) electrons. The average Bonchev–Trinajstić information content (AvgIpc) is 3.23. The first kappa shape index (κ1) is 23.2. The second-order valence-electron chi connectivity index (χ2n) is 6.68. The summed E-state index contributed by atoms with van der Waals surface area (Å²) >= 11 is 13.3. The Hall–Kier alpha value is -3.01. The summed E-state index contributed by atoms with van der Waals surface area (Å²) < 4.78 is 46.9. The SMILES string of the molecule is FC(F)(F)Oc1cccc(COc2cccc(-c3nnc(Nc4ccc(Cl)c(Cl)c4)s3)c2)c1. The summed E-state index contributed by atoms with van der Waals surface area (Å²) in [5.74, 6) is 0.233. The zero-order valence-corrected chi connectivity index (χ0v) is 18.9. The van der Waals surface area contributed by atoms with Crippen LogP contribution < -0.4 is 14.8 Å². The van der Waals surface area contributed by atoms with Crippen molar-refractivity contribution >= 4 is 45.4 Å². The third kappa shape index (κ3) is 6.50. The van der Waals surface area contributed by atoms with E-state index in [-0.39, 0.29) is 12.4 Å². The Bertz CT molecular complexity index is 1270. The van der Waals surface area contributed by atoms with Crippen LogP contribution in [-0.4, -0.2) is 16.6 Å². The Kier molecular flexibility index (Phi) is 6.92. The van der Waals surface area contributed by atoms with Gasteiger partial charge in [0.15, 0.2) is 0 Å². The quantitative estimate of drug-likeness (QED) is 0.275. The molecule has 0 bridgehead atoms. The topological polar surface area (TPSA) is 56.3 Å². The van der Waals surface area contributed by atoms with Crippen molar-refractivity contribution in [3.8, 4) is 22.1 Å². The van der Waals surface area contributed by atoms with Gasteiger partial charge in [-0.05, 0) is 48.0 Å². The first-order chi connectivity index (χ1) is 15.7. The number of anilines is 2. The molecule has 0 unspecified atom stereocenters. The predicted octanol–water partition coefficient (Wildman–Crippen LogP) is 7.73. The minimum atomic E-state index is -4.75. The van der Waals surface area contributed by atoms with Gasteiger partial charge < -0.3 is 14.8 Å². The van der Waals surface area contributed by atoms with Gasteiger partial charge in [-0.25, -0.2) is 0 Å². The summed E-state index contributed by atoms with van der Waals surface area (Å²) in [6.45, 7) is 0.0682. The Labute approximate surface area is 200 Å². The van der Waals surface area contributed by atoms with Crippen molar-refractivity contribution in [2.24, 2.45) is 0 Å². The van der Waals surface area contributed by atoms with Crippen molar-refractivity contribution in [3.63, 3.8) is 0 Å². The molecule has 0 aliphatic rings. The maximum absolute atomic E-state index is 12.4. The summed E-state index contributed by atoms with van der Waals surface area (Å²) in [7, 11) is 0. The Morgan fingerprint density at radius 1 is 0.879 bits per heavy atom. The number of hydrogen-bond donors (Lipinski definition) is 1. The number of nitrogens with one attached hydrogen (secondary N) is 1. The van der Waals surface area contributed by atoms with Gasteiger partial charge in [0.05, 0.1) is 10.0 Å². The zero-order chi connectivity index (χ0) is 23.4. The first-order valence-corrected chi connectivity index (χ1v) is 11.0. The van der Waals surface area contributed by atoms with Crippen LogP contribution in [0.5, 0.6) is 11.5 Å². The standard InChI is InChI=1S/C22H14Cl2F3N3O2S/c23-18-8-7-15(11-19(18)24)28-21-30-29-20(33-21)14-4-2-5-16(10-14)31-12-13-3-1-6-17(9-13)32-22(25,26)27/h1-11H,12H2,(H,28,30). The molecule has 1 N–H and O–H groups in total. The van der Waals surface area contributed by atoms with E-state index in [0.29, 0.717) is 31.5 Å². The van der Waals surface area contributed by atoms with E-state index in [1.54, 1.807) is 42.5 Å². The normalized spacial score (nSPS) is 11.3. The van der Waals surface area contributed by atoms with E-state index in [1.165, 1.54) is 29.5 Å². The highest BCUT2D eigenvalue weighted by molar-refractivity contribution is 7.18. The van der Waals surface area contributed by atoms with E-state index in [2.05, 4.69) is 20.3 Å². The monoisotopic (exact) mass is 511 g/mol. The second kappa shape index (κ2) is 9.86. The summed E-state index contributed by atoms with van der Waals surface area (Å²) in [5, 5.41) is 13.6. The van der Waals surface area contributed by atoms with Gasteiger partial charge >= 0.3 is 6.36 Å². The number of aromatic nitrogens is 2. The molecule has 1 heterocycles. The summed E-state index contributed by atoms with van der Waals surface area (Å²) in [6, 6.07) is 18.0. The van der Waals surface area contributed by atoms with Gasteiger partial charge in [-0.3, -0.25) is 0 Å². The van der Waals surface area contributed by atoms with E-state index in [4.69, 9.17) is 27.9 Å². The van der Waals surface area contributed by atoms with Crippen LogP contribution in [0.15, 0.2) is 66.7 Å². The summed E-state index contributed by atoms with van der Waals surface area (Å²) in [4.78, 5) is 0. The van der Waals surface area contributed by atoms with Crippen LogP contribution in [0.2, 0.25) is 10.0 Å². The lowest BCUT2D eigenvalue weighted by Crippen LogP contribution is -2.17. The van der Waals surface area contributed by atoms with E-state index >= 15 is 0 Å². The predicted molar refractivity (Wildman–Crippen MR) is 123 cm³/mol. The number of nitrogens with zero attached hydrogens (tertiary/aromatic N) is 2. The van der Waals surface area contributed by atoms with Gasteiger partial charge in [0.25, 0.3) is 0 Å². The number of ether oxygens (including phenoxy) is 2. The number of halogens is 5. The van der Waals surface area contributed by atoms with E-state index in [9.17, 15) is 13.2 Å². The van der Waals surface area contributed by atoms with Gasteiger partial charge in [-0.15, -0.1) is 23.4 Å². The van der Waals surface area contributed by atoms with Crippen LogP contribution in [0.4, 0.5) is 24.0 Å². The number of rotatable bonds is 7. The molecule has 1 aromatic heterocycles. The minimum Gasteiger partial charge on any atom is -0.489 e. The molecule has 33 heavy (non-hydrogen) atoms. The third-order valence-corrected chi connectivity index (χ3v) is 5.84. The smallest absolute Gasteiger partial charge is 0.489 e. The zero-order valence-electron chi connectivity index (χ0n) is 16.6. The molecular formula is C22H14Cl2F3N3O2S. The van der Waals surface area contributed by atoms with Crippen molar-refractivity contribution in [1.29, 1.82) is 0 Å². The molecule has 3 aromatic carbocycles.